The largest absolute Gasteiger partial charge is 4.00 e. The summed E-state index contributed by atoms with van der Waals surface area (Å²) in [7, 11) is 0.750. The van der Waals surface area contributed by atoms with E-state index in [-0.39, 0.29) is 28.7 Å². The Kier molecular flexibility index (Phi) is 18.3. The molecule has 0 saturated heterocycles. The molecule has 2 rings (SSSR count). The predicted octanol–water partition coefficient (Wildman–Crippen LogP) is 3.35. The minimum atomic E-state index is 0. The zero-order valence-corrected chi connectivity index (χ0v) is 13.7. The molecule has 0 aromatic rings. The van der Waals surface area contributed by atoms with E-state index in [9.17, 15) is 0 Å². The van der Waals surface area contributed by atoms with Crippen molar-refractivity contribution in [2.75, 3.05) is 0 Å². The molecule has 0 aliphatic heterocycles. The van der Waals surface area contributed by atoms with Gasteiger partial charge in [-0.2, -0.15) is 12.2 Å². The summed E-state index contributed by atoms with van der Waals surface area (Å²) in [5.74, 6) is 0. The van der Waals surface area contributed by atoms with Gasteiger partial charge in [-0.1, -0.05) is 13.1 Å². The molecule has 75 valence electrons. The average molecular weight is 370 g/mol. The van der Waals surface area contributed by atoms with Crippen molar-refractivity contribution in [3.05, 3.63) is 48.6 Å². The maximum Gasteiger partial charge on any atom is 4.00 e. The summed E-state index contributed by atoms with van der Waals surface area (Å²) in [6, 6.07) is 0. The fourth-order valence-electron chi connectivity index (χ4n) is 0.680. The van der Waals surface area contributed by atoms with E-state index in [1.165, 1.54) is 0 Å². The summed E-state index contributed by atoms with van der Waals surface area (Å²) < 4.78 is 0. The number of hydrogen-bond acceptors (Lipinski definition) is 0. The smallest absolute Gasteiger partial charge is 1.00 e. The third-order valence-corrected chi connectivity index (χ3v) is 1.17. The fourth-order valence-corrected chi connectivity index (χ4v) is 0.680. The first kappa shape index (κ1) is 16.5. The van der Waals surface area contributed by atoms with Gasteiger partial charge in [-0.05, 0) is 0 Å². The van der Waals surface area contributed by atoms with Crippen molar-refractivity contribution in [1.82, 2.24) is 0 Å². The molecule has 0 heterocycles. The Labute approximate surface area is 112 Å². The van der Waals surface area contributed by atoms with Gasteiger partial charge < -0.3 is 2.85 Å². The molecule has 0 spiro atoms. The van der Waals surface area contributed by atoms with Gasteiger partial charge in [0, 0.05) is 9.52 Å². The molecular weight excluding hydrogens is 351 g/mol. The van der Waals surface area contributed by atoms with Crippen molar-refractivity contribution in [3.63, 3.8) is 0 Å². The van der Waals surface area contributed by atoms with Gasteiger partial charge in [0.25, 0.3) is 0 Å². The second-order valence-corrected chi connectivity index (χ2v) is 3.74. The maximum absolute atomic E-state index is 2.99. The van der Waals surface area contributed by atoms with Crippen LogP contribution in [0.2, 0.25) is 13.1 Å². The second kappa shape index (κ2) is 15.5. The van der Waals surface area contributed by atoms with Gasteiger partial charge in [0.2, 0.25) is 0 Å². The van der Waals surface area contributed by atoms with E-state index in [1.54, 1.807) is 0 Å². The third kappa shape index (κ3) is 14.6. The first-order valence-electron chi connectivity index (χ1n) is 4.59. The van der Waals surface area contributed by atoms with Crippen LogP contribution in [-0.4, -0.2) is 9.52 Å². The Bertz CT molecular complexity index is 169. The van der Waals surface area contributed by atoms with Gasteiger partial charge >= 0.3 is 25.8 Å². The Hall–Kier alpha value is 0.0470. The van der Waals surface area contributed by atoms with Crippen molar-refractivity contribution in [3.8, 4) is 0 Å². The van der Waals surface area contributed by atoms with Crippen LogP contribution in [0.25, 0.3) is 0 Å². The first-order chi connectivity index (χ1) is 6.41. The molecule has 0 N–H and O–H groups in total. The Morgan fingerprint density at radius 2 is 1.36 bits per heavy atom. The molecule has 0 unspecified atom stereocenters. The van der Waals surface area contributed by atoms with Gasteiger partial charge in [0.05, 0.1) is 0 Å². The van der Waals surface area contributed by atoms with Gasteiger partial charge in [0.1, 0.15) is 0 Å². The molecule has 2 heteroatoms. The molecular formula is C12H19HfSi. The van der Waals surface area contributed by atoms with Gasteiger partial charge in [0.15, 0.2) is 0 Å². The van der Waals surface area contributed by atoms with Gasteiger partial charge in [-0.25, -0.2) is 24.3 Å². The van der Waals surface area contributed by atoms with Crippen LogP contribution in [-0.2, 0) is 25.8 Å². The number of allylic oxidation sites excluding steroid dienone is 8. The molecule has 0 atom stereocenters. The van der Waals surface area contributed by atoms with Crippen LogP contribution >= 0.6 is 0 Å². The van der Waals surface area contributed by atoms with E-state index in [0.717, 1.165) is 22.4 Å². The zero-order valence-electron chi connectivity index (χ0n) is 11.0. The molecule has 0 saturated carbocycles. The van der Waals surface area contributed by atoms with Crippen LogP contribution in [0.3, 0.4) is 0 Å². The van der Waals surface area contributed by atoms with Gasteiger partial charge in [-0.3, -0.25) is 12.2 Å². The van der Waals surface area contributed by atoms with E-state index in [0.29, 0.717) is 0 Å². The summed E-state index contributed by atoms with van der Waals surface area (Å²) in [6.45, 7) is 4.42. The molecule has 0 aromatic carbocycles. The number of rotatable bonds is 0. The maximum atomic E-state index is 2.99. The van der Waals surface area contributed by atoms with Crippen LogP contribution in [0.4, 0.5) is 0 Å². The summed E-state index contributed by atoms with van der Waals surface area (Å²) >= 11 is 0. The summed E-state index contributed by atoms with van der Waals surface area (Å²) in [5.41, 5.74) is 0. The predicted molar refractivity (Wildman–Crippen MR) is 64.2 cm³/mol. The molecule has 14 heavy (non-hydrogen) atoms. The van der Waals surface area contributed by atoms with Gasteiger partial charge in [-0.15, -0.1) is 12.8 Å². The average Bonchev–Trinajstić information content (AvgIpc) is 2.85. The molecule has 2 aliphatic carbocycles. The SMILES string of the molecule is C[SiH]C.[C-]1=CC=CC1.[C-]1=CC=CC1.[H-].[H-].[Hf+4]. The first-order valence-corrected chi connectivity index (χ1v) is 6.90. The van der Waals surface area contributed by atoms with E-state index < -0.39 is 0 Å². The van der Waals surface area contributed by atoms with E-state index in [1.807, 2.05) is 24.3 Å². The van der Waals surface area contributed by atoms with Crippen LogP contribution in [0, 0.1) is 12.2 Å². The Balaban J connectivity index is -0.0000000638. The molecule has 0 amide bonds. The van der Waals surface area contributed by atoms with E-state index in [4.69, 9.17) is 0 Å². The van der Waals surface area contributed by atoms with Crippen molar-refractivity contribution >= 4 is 9.52 Å². The quantitative estimate of drug-likeness (QED) is 0.454. The van der Waals surface area contributed by atoms with Crippen LogP contribution in [0.15, 0.2) is 36.5 Å². The Morgan fingerprint density at radius 3 is 1.43 bits per heavy atom. The fraction of sp³-hybridized carbons (Fsp3) is 0.333. The number of hydrogen-bond donors (Lipinski definition) is 0. The van der Waals surface area contributed by atoms with Crippen LogP contribution in [0.1, 0.15) is 15.7 Å². The normalized spacial score (nSPS) is 13.9. The van der Waals surface area contributed by atoms with Crippen LogP contribution in [0.5, 0.6) is 0 Å². The van der Waals surface area contributed by atoms with Crippen molar-refractivity contribution < 1.29 is 28.7 Å². The topological polar surface area (TPSA) is 0 Å². The molecule has 1 radical (unpaired) electrons. The summed E-state index contributed by atoms with van der Waals surface area (Å²) in [6.07, 6.45) is 20.0. The molecule has 0 nitrogen and oxygen atoms in total. The second-order valence-electron chi connectivity index (χ2n) is 2.58. The molecule has 0 aromatic heterocycles. The van der Waals surface area contributed by atoms with E-state index >= 15 is 0 Å². The zero-order chi connectivity index (χ0) is 9.78. The van der Waals surface area contributed by atoms with Crippen molar-refractivity contribution in [2.24, 2.45) is 0 Å². The summed E-state index contributed by atoms with van der Waals surface area (Å²) in [4.78, 5) is 0. The van der Waals surface area contributed by atoms with Crippen molar-refractivity contribution in [1.29, 1.82) is 0 Å². The molecule has 0 bridgehead atoms. The summed E-state index contributed by atoms with van der Waals surface area (Å²) in [5, 5.41) is 0. The monoisotopic (exact) mass is 371 g/mol. The Morgan fingerprint density at radius 1 is 1.00 bits per heavy atom. The standard InChI is InChI=1S/2C5H5.C2H7Si.Hf.2H/c2*1-2-4-5-3-1;1-3-2;;;/h2*1-3H,4H2;3H,1-2H3;;;/q2*-1;;+4;2*-1. The molecule has 0 fully saturated rings. The van der Waals surface area contributed by atoms with E-state index in [2.05, 4.69) is 37.4 Å². The minimum absolute atomic E-state index is 0. The third-order valence-electron chi connectivity index (χ3n) is 1.17. The minimum Gasteiger partial charge on any atom is -1.00 e. The molecule has 2 aliphatic rings. The van der Waals surface area contributed by atoms with Crippen LogP contribution < -0.4 is 0 Å². The van der Waals surface area contributed by atoms with Crippen molar-refractivity contribution in [2.45, 2.75) is 25.9 Å².